The highest BCUT2D eigenvalue weighted by Gasteiger charge is 2.59. The molecule has 0 bridgehead atoms. The molecule has 4 aliphatic carbocycles. The molecule has 0 amide bonds. The van der Waals surface area contributed by atoms with Gasteiger partial charge in [0.15, 0.2) is 0 Å². The molecular weight excluding hydrogens is 155 g/mol. The third-order valence-electron chi connectivity index (χ3n) is 5.75. The minimum absolute atomic E-state index is 0.222. The fourth-order valence-corrected chi connectivity index (χ4v) is 5.00. The molecule has 0 radical (unpaired) electrons. The quantitative estimate of drug-likeness (QED) is 0.564. The molecule has 0 unspecified atom stereocenters. The summed E-state index contributed by atoms with van der Waals surface area (Å²) in [5, 5.41) is 0. The first-order valence-electron chi connectivity index (χ1n) is 6.60. The molecule has 72 valence electrons. The van der Waals surface area contributed by atoms with Gasteiger partial charge in [-0.05, 0) is 0 Å². The maximum atomic E-state index is 1.63. The van der Waals surface area contributed by atoms with Crippen LogP contribution in [0.1, 0.15) is 51.4 Å². The van der Waals surface area contributed by atoms with Crippen LogP contribution in [0, 0.1) is 0 Å². The SMILES string of the molecule is C1CC1[B-](C1CC1)(C1CC1)C1CC1. The van der Waals surface area contributed by atoms with E-state index in [0.717, 1.165) is 0 Å². The summed E-state index contributed by atoms with van der Waals surface area (Å²) in [6.07, 6.45) is 13.2. The van der Waals surface area contributed by atoms with Crippen LogP contribution in [-0.4, -0.2) is 6.15 Å². The van der Waals surface area contributed by atoms with E-state index in [2.05, 4.69) is 0 Å². The smallest absolute Gasteiger partial charge is 0.0131 e. The van der Waals surface area contributed by atoms with Crippen LogP contribution in [0.15, 0.2) is 0 Å². The van der Waals surface area contributed by atoms with Crippen molar-refractivity contribution in [2.75, 3.05) is 0 Å². The Morgan fingerprint density at radius 1 is 0.462 bits per heavy atom. The van der Waals surface area contributed by atoms with Crippen LogP contribution in [0.4, 0.5) is 0 Å². The minimum atomic E-state index is 0.222. The average Bonchev–Trinajstić information content (AvgIpc) is 3.00. The van der Waals surface area contributed by atoms with E-state index in [1.54, 1.807) is 51.4 Å². The predicted octanol–water partition coefficient (Wildman–Crippen LogP) is 4.09. The lowest BCUT2D eigenvalue weighted by atomic mass is 9.13. The summed E-state index contributed by atoms with van der Waals surface area (Å²) in [6, 6.07) is 0. The Hall–Kier alpha value is 0.0649. The lowest BCUT2D eigenvalue weighted by Gasteiger charge is -2.41. The molecule has 0 aliphatic heterocycles. The lowest BCUT2D eigenvalue weighted by Crippen LogP contribution is -2.37. The molecule has 4 fully saturated rings. The van der Waals surface area contributed by atoms with E-state index in [4.69, 9.17) is 0 Å². The van der Waals surface area contributed by atoms with Crippen molar-refractivity contribution in [2.45, 2.75) is 74.6 Å². The van der Waals surface area contributed by atoms with Crippen molar-refractivity contribution in [1.29, 1.82) is 0 Å². The van der Waals surface area contributed by atoms with E-state index >= 15 is 0 Å². The zero-order chi connectivity index (χ0) is 8.47. The maximum absolute atomic E-state index is 1.63. The van der Waals surface area contributed by atoms with Crippen molar-refractivity contribution < 1.29 is 0 Å². The fraction of sp³-hybridized carbons (Fsp3) is 1.00. The van der Waals surface area contributed by atoms with E-state index in [9.17, 15) is 0 Å². The second-order valence-corrected chi connectivity index (χ2v) is 6.50. The molecule has 0 aromatic rings. The van der Waals surface area contributed by atoms with Gasteiger partial charge in [0.05, 0.1) is 0 Å². The van der Waals surface area contributed by atoms with Gasteiger partial charge in [-0.15, -0.1) is 0 Å². The van der Waals surface area contributed by atoms with Crippen LogP contribution in [0.5, 0.6) is 0 Å². The monoisotopic (exact) mass is 175 g/mol. The first kappa shape index (κ1) is 7.37. The van der Waals surface area contributed by atoms with Crippen LogP contribution < -0.4 is 0 Å². The largest absolute Gasteiger partial charge is 0.166 e. The highest BCUT2D eigenvalue weighted by molar-refractivity contribution is 6.87. The molecule has 0 atom stereocenters. The highest BCUT2D eigenvalue weighted by Crippen LogP contribution is 2.75. The summed E-state index contributed by atoms with van der Waals surface area (Å²) < 4.78 is 0. The van der Waals surface area contributed by atoms with Crippen molar-refractivity contribution in [3.63, 3.8) is 0 Å². The predicted molar refractivity (Wildman–Crippen MR) is 57.7 cm³/mol. The van der Waals surface area contributed by atoms with E-state index in [1.807, 2.05) is 0 Å². The number of rotatable bonds is 4. The van der Waals surface area contributed by atoms with E-state index in [-0.39, 0.29) is 6.15 Å². The van der Waals surface area contributed by atoms with Crippen molar-refractivity contribution in [2.24, 2.45) is 0 Å². The van der Waals surface area contributed by atoms with Crippen LogP contribution in [0.3, 0.4) is 0 Å². The molecule has 0 N–H and O–H groups in total. The molecule has 13 heavy (non-hydrogen) atoms. The Labute approximate surface area is 81.4 Å². The third-order valence-corrected chi connectivity index (χ3v) is 5.75. The van der Waals surface area contributed by atoms with E-state index in [0.29, 0.717) is 0 Å². The standard InChI is InChI=1S/C12H20B/c1-2-9(1)13(10-3-4-10,11-5-6-11)12-7-8-12/h9-12H,1-8H2/q-1. The fourth-order valence-electron chi connectivity index (χ4n) is 5.00. The summed E-state index contributed by atoms with van der Waals surface area (Å²) in [7, 11) is 0. The molecule has 1 heteroatoms. The van der Waals surface area contributed by atoms with Crippen LogP contribution in [0.25, 0.3) is 0 Å². The van der Waals surface area contributed by atoms with Crippen molar-refractivity contribution in [3.8, 4) is 0 Å². The molecule has 0 nitrogen and oxygen atoms in total. The normalized spacial score (nSPS) is 35.1. The van der Waals surface area contributed by atoms with Gasteiger partial charge in [-0.25, -0.2) is 0 Å². The molecule has 0 saturated heterocycles. The van der Waals surface area contributed by atoms with Gasteiger partial charge in [-0.2, -0.15) is 23.3 Å². The Balaban J connectivity index is 1.71. The summed E-state index contributed by atoms with van der Waals surface area (Å²) in [5.74, 6) is 5.08. The Bertz CT molecular complexity index is 178. The molecule has 4 aliphatic rings. The first-order valence-corrected chi connectivity index (χ1v) is 6.60. The molecule has 0 heterocycles. The lowest BCUT2D eigenvalue weighted by molar-refractivity contribution is 1.04. The van der Waals surface area contributed by atoms with Gasteiger partial charge in [0, 0.05) is 6.15 Å². The average molecular weight is 175 g/mol. The molecule has 4 saturated carbocycles. The molecular formula is C12H20B-. The van der Waals surface area contributed by atoms with Crippen molar-refractivity contribution in [1.82, 2.24) is 0 Å². The van der Waals surface area contributed by atoms with Gasteiger partial charge in [0.2, 0.25) is 0 Å². The molecule has 0 aromatic carbocycles. The zero-order valence-electron chi connectivity index (χ0n) is 8.54. The summed E-state index contributed by atoms with van der Waals surface area (Å²) in [6.45, 7) is 0. The second-order valence-electron chi connectivity index (χ2n) is 6.50. The van der Waals surface area contributed by atoms with Crippen LogP contribution in [0.2, 0.25) is 23.3 Å². The topological polar surface area (TPSA) is 0 Å². The summed E-state index contributed by atoms with van der Waals surface area (Å²) in [4.78, 5) is 0. The van der Waals surface area contributed by atoms with Gasteiger partial charge in [-0.3, -0.25) is 0 Å². The van der Waals surface area contributed by atoms with Gasteiger partial charge in [-0.1, -0.05) is 51.4 Å². The van der Waals surface area contributed by atoms with Gasteiger partial charge >= 0.3 is 0 Å². The van der Waals surface area contributed by atoms with Crippen molar-refractivity contribution >= 4 is 6.15 Å². The minimum Gasteiger partial charge on any atom is -0.166 e. The van der Waals surface area contributed by atoms with E-state index < -0.39 is 0 Å². The Morgan fingerprint density at radius 3 is 0.846 bits per heavy atom. The molecule has 0 aromatic heterocycles. The maximum Gasteiger partial charge on any atom is 0.0131 e. The van der Waals surface area contributed by atoms with Crippen molar-refractivity contribution in [3.05, 3.63) is 0 Å². The second kappa shape index (κ2) is 2.17. The molecule has 4 rings (SSSR count). The summed E-state index contributed by atoms with van der Waals surface area (Å²) >= 11 is 0. The number of hydrogen-bond acceptors (Lipinski definition) is 0. The number of hydrogen-bond donors (Lipinski definition) is 0. The van der Waals surface area contributed by atoms with E-state index in [1.165, 1.54) is 23.3 Å². The first-order chi connectivity index (χ1) is 6.42. The molecule has 0 spiro atoms. The zero-order valence-corrected chi connectivity index (χ0v) is 8.54. The highest BCUT2D eigenvalue weighted by atomic mass is 14.5. The summed E-state index contributed by atoms with van der Waals surface area (Å²) in [5.41, 5.74) is 0. The van der Waals surface area contributed by atoms with Gasteiger partial charge < -0.3 is 0 Å². The third kappa shape index (κ3) is 0.940. The van der Waals surface area contributed by atoms with Gasteiger partial charge in [0.25, 0.3) is 0 Å². The van der Waals surface area contributed by atoms with Gasteiger partial charge in [0.1, 0.15) is 0 Å². The van der Waals surface area contributed by atoms with Crippen LogP contribution >= 0.6 is 0 Å². The van der Waals surface area contributed by atoms with Crippen LogP contribution in [-0.2, 0) is 0 Å². The Kier molecular flexibility index (Phi) is 1.23. The Morgan fingerprint density at radius 2 is 0.692 bits per heavy atom.